The first-order valence-electron chi connectivity index (χ1n) is 8.10. The molecule has 106 valence electrons. The molecule has 0 heterocycles. The molecule has 0 N–H and O–H groups in total. The number of ketones is 1. The van der Waals surface area contributed by atoms with Crippen LogP contribution in [0.2, 0.25) is 0 Å². The minimum Gasteiger partial charge on any atom is -0.294 e. The van der Waals surface area contributed by atoms with Crippen molar-refractivity contribution in [1.29, 1.82) is 0 Å². The number of Topliss-reactive ketones (excluding diaryl/α,β-unsaturated/α-hetero) is 1. The topological polar surface area (TPSA) is 17.1 Å². The molecule has 5 rings (SSSR count). The van der Waals surface area contributed by atoms with Crippen LogP contribution in [0.15, 0.2) is 24.3 Å². The fourth-order valence-electron chi connectivity index (χ4n) is 6.10. The normalized spacial score (nSPS) is 41.9. The predicted octanol–water partition coefficient (Wildman–Crippen LogP) is 4.78. The van der Waals surface area contributed by atoms with Gasteiger partial charge in [-0.25, -0.2) is 0 Å². The zero-order valence-corrected chi connectivity index (χ0v) is 12.6. The third-order valence-electron chi connectivity index (χ3n) is 6.22. The molecule has 1 heteroatoms. The van der Waals surface area contributed by atoms with E-state index < -0.39 is 0 Å². The lowest BCUT2D eigenvalue weighted by molar-refractivity contribution is -0.0820. The summed E-state index contributed by atoms with van der Waals surface area (Å²) in [6, 6.07) is 8.17. The summed E-state index contributed by atoms with van der Waals surface area (Å²) >= 11 is 0. The van der Waals surface area contributed by atoms with Crippen LogP contribution in [0.4, 0.5) is 0 Å². The highest BCUT2D eigenvalue weighted by atomic mass is 16.1. The summed E-state index contributed by atoms with van der Waals surface area (Å²) in [5.41, 5.74) is 2.56. The zero-order chi connectivity index (χ0) is 14.0. The number of hydrogen-bond donors (Lipinski definition) is 0. The van der Waals surface area contributed by atoms with E-state index in [9.17, 15) is 4.79 Å². The maximum atomic E-state index is 13.3. The Labute approximate surface area is 121 Å². The van der Waals surface area contributed by atoms with Crippen molar-refractivity contribution in [2.45, 2.75) is 52.4 Å². The van der Waals surface area contributed by atoms with E-state index in [-0.39, 0.29) is 5.41 Å². The van der Waals surface area contributed by atoms with Gasteiger partial charge in [0.15, 0.2) is 5.78 Å². The molecule has 0 radical (unpaired) electrons. The van der Waals surface area contributed by atoms with Gasteiger partial charge in [-0.1, -0.05) is 31.2 Å². The maximum absolute atomic E-state index is 13.3. The number of benzene rings is 1. The van der Waals surface area contributed by atoms with Crippen LogP contribution in [0.25, 0.3) is 0 Å². The average molecular weight is 268 g/mol. The lowest BCUT2D eigenvalue weighted by Crippen LogP contribution is -2.54. The van der Waals surface area contributed by atoms with Crippen LogP contribution in [0, 0.1) is 29.6 Å². The highest BCUT2D eigenvalue weighted by Crippen LogP contribution is 2.65. The third-order valence-corrected chi connectivity index (χ3v) is 6.22. The summed E-state index contributed by atoms with van der Waals surface area (Å²) in [6.45, 7) is 4.51. The molecule has 20 heavy (non-hydrogen) atoms. The molecule has 0 aromatic heterocycles. The Morgan fingerprint density at radius 2 is 1.75 bits per heavy atom. The molecule has 4 aliphatic carbocycles. The van der Waals surface area contributed by atoms with Crippen LogP contribution >= 0.6 is 0 Å². The van der Waals surface area contributed by atoms with Crippen LogP contribution in [0.5, 0.6) is 0 Å². The van der Waals surface area contributed by atoms with Crippen molar-refractivity contribution in [2.24, 2.45) is 22.7 Å². The molecule has 0 saturated heterocycles. The van der Waals surface area contributed by atoms with Gasteiger partial charge in [-0.3, -0.25) is 4.79 Å². The van der Waals surface area contributed by atoms with Gasteiger partial charge < -0.3 is 0 Å². The van der Waals surface area contributed by atoms with Crippen molar-refractivity contribution in [3.8, 4) is 0 Å². The SMILES string of the molecule is Cc1ccccc1C(=O)C12CC3CC(CC(C)(C3)C1)C2. The van der Waals surface area contributed by atoms with E-state index in [0.717, 1.165) is 42.2 Å². The van der Waals surface area contributed by atoms with Crippen molar-refractivity contribution < 1.29 is 4.79 Å². The summed E-state index contributed by atoms with van der Waals surface area (Å²) in [6.07, 6.45) is 7.58. The Kier molecular flexibility index (Phi) is 2.50. The second kappa shape index (κ2) is 3.96. The largest absolute Gasteiger partial charge is 0.294 e. The van der Waals surface area contributed by atoms with Gasteiger partial charge in [0.2, 0.25) is 0 Å². The molecule has 0 aliphatic heterocycles. The van der Waals surface area contributed by atoms with Crippen molar-refractivity contribution >= 4 is 5.78 Å². The lowest BCUT2D eigenvalue weighted by Gasteiger charge is -2.60. The summed E-state index contributed by atoms with van der Waals surface area (Å²) in [5, 5.41) is 0. The number of carbonyl (C=O) groups excluding carboxylic acids is 1. The van der Waals surface area contributed by atoms with Crippen LogP contribution in [0.3, 0.4) is 0 Å². The molecule has 0 spiro atoms. The fourth-order valence-corrected chi connectivity index (χ4v) is 6.10. The van der Waals surface area contributed by atoms with E-state index >= 15 is 0 Å². The van der Waals surface area contributed by atoms with Crippen molar-refractivity contribution in [3.05, 3.63) is 35.4 Å². The van der Waals surface area contributed by atoms with Gasteiger partial charge in [0.05, 0.1) is 0 Å². The van der Waals surface area contributed by atoms with Gasteiger partial charge in [-0.15, -0.1) is 0 Å². The molecular formula is C19H24O. The van der Waals surface area contributed by atoms with Crippen LogP contribution < -0.4 is 0 Å². The summed E-state index contributed by atoms with van der Waals surface area (Å²) in [5.74, 6) is 2.08. The molecule has 4 bridgehead atoms. The molecule has 1 aromatic carbocycles. The van der Waals surface area contributed by atoms with Gasteiger partial charge in [0.1, 0.15) is 0 Å². The fraction of sp³-hybridized carbons (Fsp3) is 0.632. The molecule has 4 saturated carbocycles. The molecule has 2 unspecified atom stereocenters. The second-order valence-electron chi connectivity index (χ2n) is 8.20. The van der Waals surface area contributed by atoms with E-state index in [1.807, 2.05) is 18.2 Å². The minimum atomic E-state index is -0.0229. The Morgan fingerprint density at radius 1 is 1.10 bits per heavy atom. The van der Waals surface area contributed by atoms with E-state index in [0.29, 0.717) is 11.2 Å². The number of aryl methyl sites for hydroxylation is 1. The average Bonchev–Trinajstić information content (AvgIpc) is 2.35. The highest BCUT2D eigenvalue weighted by Gasteiger charge is 2.58. The van der Waals surface area contributed by atoms with Gasteiger partial charge in [0.25, 0.3) is 0 Å². The monoisotopic (exact) mass is 268 g/mol. The molecule has 1 nitrogen and oxygen atoms in total. The lowest BCUT2D eigenvalue weighted by atomic mass is 9.43. The Bertz CT molecular complexity index is 557. The van der Waals surface area contributed by atoms with Crippen molar-refractivity contribution in [1.82, 2.24) is 0 Å². The Morgan fingerprint density at radius 3 is 2.35 bits per heavy atom. The third kappa shape index (κ3) is 1.71. The quantitative estimate of drug-likeness (QED) is 0.705. The van der Waals surface area contributed by atoms with Gasteiger partial charge in [-0.05, 0) is 68.3 Å². The first-order chi connectivity index (χ1) is 9.50. The number of carbonyl (C=O) groups is 1. The van der Waals surface area contributed by atoms with Gasteiger partial charge in [0, 0.05) is 11.0 Å². The van der Waals surface area contributed by atoms with Crippen molar-refractivity contribution in [3.63, 3.8) is 0 Å². The number of hydrogen-bond acceptors (Lipinski definition) is 1. The van der Waals surface area contributed by atoms with Crippen LogP contribution in [0.1, 0.15) is 61.4 Å². The number of rotatable bonds is 2. The summed E-state index contributed by atoms with van der Waals surface area (Å²) in [7, 11) is 0. The van der Waals surface area contributed by atoms with Crippen LogP contribution in [-0.4, -0.2) is 5.78 Å². The van der Waals surface area contributed by atoms with E-state index in [1.54, 1.807) is 0 Å². The van der Waals surface area contributed by atoms with E-state index in [4.69, 9.17) is 0 Å². The first-order valence-corrected chi connectivity index (χ1v) is 8.10. The molecule has 2 atom stereocenters. The highest BCUT2D eigenvalue weighted by molar-refractivity contribution is 6.02. The molecule has 1 aromatic rings. The van der Waals surface area contributed by atoms with E-state index in [2.05, 4.69) is 19.9 Å². The Hall–Kier alpha value is -1.11. The maximum Gasteiger partial charge on any atom is 0.169 e. The molecule has 4 fully saturated rings. The first kappa shape index (κ1) is 12.6. The zero-order valence-electron chi connectivity index (χ0n) is 12.6. The van der Waals surface area contributed by atoms with Crippen LogP contribution in [-0.2, 0) is 0 Å². The smallest absolute Gasteiger partial charge is 0.169 e. The van der Waals surface area contributed by atoms with Gasteiger partial charge in [-0.2, -0.15) is 0 Å². The van der Waals surface area contributed by atoms with Gasteiger partial charge >= 0.3 is 0 Å². The Balaban J connectivity index is 1.75. The predicted molar refractivity (Wildman–Crippen MR) is 80.7 cm³/mol. The molecule has 0 amide bonds. The summed E-state index contributed by atoms with van der Waals surface area (Å²) < 4.78 is 0. The molecule has 4 aliphatic rings. The van der Waals surface area contributed by atoms with E-state index in [1.165, 1.54) is 19.3 Å². The standard InChI is InChI=1S/C19H24O/c1-13-5-3-4-6-16(13)17(20)19-10-14-7-15(11-19)9-18(2,8-14)12-19/h3-6,14-15H,7-12H2,1-2H3. The summed E-state index contributed by atoms with van der Waals surface area (Å²) in [4.78, 5) is 13.3. The van der Waals surface area contributed by atoms with Crippen molar-refractivity contribution in [2.75, 3.05) is 0 Å². The minimum absolute atomic E-state index is 0.0229. The second-order valence-corrected chi connectivity index (χ2v) is 8.20. The molecular weight excluding hydrogens is 244 g/mol.